The molecule has 0 atom stereocenters. The van der Waals surface area contributed by atoms with E-state index in [1.54, 1.807) is 0 Å². The van der Waals surface area contributed by atoms with Crippen LogP contribution in [0.4, 0.5) is 0 Å². The van der Waals surface area contributed by atoms with Gasteiger partial charge in [-0.2, -0.15) is 0 Å². The van der Waals surface area contributed by atoms with Gasteiger partial charge in [0.25, 0.3) is 5.91 Å². The topological polar surface area (TPSA) is 85.9 Å². The number of carbonyl (C=O) groups is 2. The molecule has 142 valence electrons. The first-order valence-corrected chi connectivity index (χ1v) is 8.27. The number of hydrogen-bond acceptors (Lipinski definition) is 5. The van der Waals surface area contributed by atoms with Crippen molar-refractivity contribution in [2.75, 3.05) is 27.9 Å². The Morgan fingerprint density at radius 3 is 2.00 bits per heavy atom. The van der Waals surface area contributed by atoms with Gasteiger partial charge in [-0.25, -0.2) is 0 Å². The second-order valence-electron chi connectivity index (χ2n) is 5.58. The maximum atomic E-state index is 12.4. The third-order valence-electron chi connectivity index (χ3n) is 4.20. The van der Waals surface area contributed by atoms with Crippen LogP contribution in [0.3, 0.4) is 0 Å². The summed E-state index contributed by atoms with van der Waals surface area (Å²) in [5.74, 6) is 2.90. The first-order chi connectivity index (χ1) is 12.4. The van der Waals surface area contributed by atoms with Crippen LogP contribution in [-0.4, -0.2) is 45.2 Å². The van der Waals surface area contributed by atoms with Crippen LogP contribution in [0.1, 0.15) is 37.0 Å². The number of rotatable bonds is 9. The van der Waals surface area contributed by atoms with E-state index in [0.717, 1.165) is 0 Å². The predicted octanol–water partition coefficient (Wildman–Crippen LogP) is 1.75. The SMILES string of the molecule is C#CC(CC)(CC)NC(=O)CNC(=O)c1cc(OC)c(OC)c(OC)c1. The van der Waals surface area contributed by atoms with Gasteiger partial charge in [0.15, 0.2) is 11.5 Å². The maximum Gasteiger partial charge on any atom is 0.251 e. The standard InChI is InChI=1S/C19H26N2O5/c1-7-19(8-2,9-3)21-16(22)12-20-18(23)13-10-14(24-4)17(26-6)15(11-13)25-5/h1,10-11H,8-9,12H2,2-6H3,(H,20,23)(H,21,22). The van der Waals surface area contributed by atoms with Gasteiger partial charge >= 0.3 is 0 Å². The van der Waals surface area contributed by atoms with Gasteiger partial charge in [-0.05, 0) is 25.0 Å². The summed E-state index contributed by atoms with van der Waals surface area (Å²) in [4.78, 5) is 24.5. The van der Waals surface area contributed by atoms with E-state index in [2.05, 4.69) is 16.6 Å². The minimum absolute atomic E-state index is 0.196. The lowest BCUT2D eigenvalue weighted by Gasteiger charge is -2.27. The van der Waals surface area contributed by atoms with Gasteiger partial charge in [-0.1, -0.05) is 19.8 Å². The number of amides is 2. The smallest absolute Gasteiger partial charge is 0.251 e. The fourth-order valence-electron chi connectivity index (χ4n) is 2.45. The normalized spacial score (nSPS) is 10.5. The van der Waals surface area contributed by atoms with Crippen molar-refractivity contribution in [1.29, 1.82) is 0 Å². The highest BCUT2D eigenvalue weighted by Crippen LogP contribution is 2.38. The molecule has 0 aromatic heterocycles. The summed E-state index contributed by atoms with van der Waals surface area (Å²) < 4.78 is 15.7. The van der Waals surface area contributed by atoms with Crippen molar-refractivity contribution >= 4 is 11.8 Å². The van der Waals surface area contributed by atoms with Crippen LogP contribution in [0.2, 0.25) is 0 Å². The Labute approximate surface area is 154 Å². The number of hydrogen-bond donors (Lipinski definition) is 2. The van der Waals surface area contributed by atoms with E-state index >= 15 is 0 Å². The molecular weight excluding hydrogens is 336 g/mol. The van der Waals surface area contributed by atoms with E-state index in [1.165, 1.54) is 33.5 Å². The zero-order chi connectivity index (χ0) is 19.7. The molecule has 0 unspecified atom stereocenters. The third-order valence-corrected chi connectivity index (χ3v) is 4.20. The molecule has 0 bridgehead atoms. The summed E-state index contributed by atoms with van der Waals surface area (Å²) in [6, 6.07) is 3.02. The van der Waals surface area contributed by atoms with Gasteiger partial charge in [-0.3, -0.25) is 9.59 Å². The van der Waals surface area contributed by atoms with Crippen LogP contribution in [-0.2, 0) is 4.79 Å². The third kappa shape index (κ3) is 4.82. The molecule has 0 spiro atoms. The van der Waals surface area contributed by atoms with Crippen molar-refractivity contribution in [3.63, 3.8) is 0 Å². The van der Waals surface area contributed by atoms with Crippen molar-refractivity contribution < 1.29 is 23.8 Å². The van der Waals surface area contributed by atoms with Crippen LogP contribution >= 0.6 is 0 Å². The summed E-state index contributed by atoms with van der Waals surface area (Å²) >= 11 is 0. The van der Waals surface area contributed by atoms with E-state index in [0.29, 0.717) is 30.1 Å². The Balaban J connectivity index is 2.86. The molecule has 0 fully saturated rings. The number of methoxy groups -OCH3 is 3. The van der Waals surface area contributed by atoms with E-state index in [1.807, 2.05) is 13.8 Å². The molecule has 0 heterocycles. The molecule has 7 nitrogen and oxygen atoms in total. The van der Waals surface area contributed by atoms with Crippen LogP contribution < -0.4 is 24.8 Å². The Morgan fingerprint density at radius 2 is 1.62 bits per heavy atom. The Bertz CT molecular complexity index is 665. The second-order valence-corrected chi connectivity index (χ2v) is 5.58. The molecule has 7 heteroatoms. The van der Waals surface area contributed by atoms with Crippen LogP contribution in [0.25, 0.3) is 0 Å². The van der Waals surface area contributed by atoms with Gasteiger partial charge in [0, 0.05) is 5.56 Å². The molecular formula is C19H26N2O5. The number of terminal acetylenes is 1. The fourth-order valence-corrected chi connectivity index (χ4v) is 2.45. The molecule has 0 aliphatic rings. The van der Waals surface area contributed by atoms with Crippen LogP contribution in [0, 0.1) is 12.3 Å². The molecule has 1 aromatic carbocycles. The van der Waals surface area contributed by atoms with Gasteiger partial charge in [0.05, 0.1) is 27.9 Å². The number of nitrogens with one attached hydrogen (secondary N) is 2. The summed E-state index contributed by atoms with van der Waals surface area (Å²) in [5, 5.41) is 5.35. The fraction of sp³-hybridized carbons (Fsp3) is 0.474. The minimum atomic E-state index is -0.700. The molecule has 1 rings (SSSR count). The van der Waals surface area contributed by atoms with Gasteiger partial charge in [0.1, 0.15) is 5.54 Å². The molecule has 0 saturated carbocycles. The quantitative estimate of drug-likeness (QED) is 0.654. The Kier molecular flexibility index (Phi) is 7.78. The molecule has 1 aromatic rings. The molecule has 0 saturated heterocycles. The second kappa shape index (κ2) is 9.56. The molecule has 2 N–H and O–H groups in total. The zero-order valence-electron chi connectivity index (χ0n) is 15.9. The first-order valence-electron chi connectivity index (χ1n) is 8.27. The average molecular weight is 362 g/mol. The Morgan fingerprint density at radius 1 is 1.08 bits per heavy atom. The highest BCUT2D eigenvalue weighted by Gasteiger charge is 2.25. The Hall–Kier alpha value is -2.88. The number of benzene rings is 1. The molecule has 0 aliphatic heterocycles. The van der Waals surface area contributed by atoms with E-state index in [9.17, 15) is 9.59 Å². The monoisotopic (exact) mass is 362 g/mol. The lowest BCUT2D eigenvalue weighted by Crippen LogP contribution is -2.50. The van der Waals surface area contributed by atoms with Crippen molar-refractivity contribution in [2.45, 2.75) is 32.2 Å². The summed E-state index contributed by atoms with van der Waals surface area (Å²) in [6.45, 7) is 3.61. The van der Waals surface area contributed by atoms with Crippen molar-refractivity contribution in [3.8, 4) is 29.6 Å². The highest BCUT2D eigenvalue weighted by molar-refractivity contribution is 5.97. The van der Waals surface area contributed by atoms with Crippen molar-refractivity contribution in [1.82, 2.24) is 10.6 Å². The predicted molar refractivity (Wildman–Crippen MR) is 98.7 cm³/mol. The van der Waals surface area contributed by atoms with Crippen molar-refractivity contribution in [3.05, 3.63) is 17.7 Å². The lowest BCUT2D eigenvalue weighted by atomic mass is 9.94. The van der Waals surface area contributed by atoms with Gasteiger partial charge in [-0.15, -0.1) is 6.42 Å². The average Bonchev–Trinajstić information content (AvgIpc) is 2.68. The van der Waals surface area contributed by atoms with Gasteiger partial charge in [0.2, 0.25) is 11.7 Å². The minimum Gasteiger partial charge on any atom is -0.493 e. The van der Waals surface area contributed by atoms with E-state index < -0.39 is 11.4 Å². The highest BCUT2D eigenvalue weighted by atomic mass is 16.5. The van der Waals surface area contributed by atoms with Gasteiger partial charge < -0.3 is 24.8 Å². The first kappa shape index (κ1) is 21.2. The number of carbonyl (C=O) groups excluding carboxylic acids is 2. The zero-order valence-corrected chi connectivity index (χ0v) is 15.9. The molecule has 0 radical (unpaired) electrons. The number of ether oxygens (including phenoxy) is 3. The summed E-state index contributed by atoms with van der Waals surface area (Å²) in [5.41, 5.74) is -0.421. The summed E-state index contributed by atoms with van der Waals surface area (Å²) in [7, 11) is 4.40. The molecule has 26 heavy (non-hydrogen) atoms. The van der Waals surface area contributed by atoms with E-state index in [-0.39, 0.29) is 18.0 Å². The van der Waals surface area contributed by atoms with Crippen molar-refractivity contribution in [2.24, 2.45) is 0 Å². The molecule has 2 amide bonds. The summed E-state index contributed by atoms with van der Waals surface area (Å²) in [6.07, 6.45) is 6.73. The van der Waals surface area contributed by atoms with Crippen LogP contribution in [0.5, 0.6) is 17.2 Å². The van der Waals surface area contributed by atoms with E-state index in [4.69, 9.17) is 20.6 Å². The largest absolute Gasteiger partial charge is 0.493 e. The maximum absolute atomic E-state index is 12.4. The lowest BCUT2D eigenvalue weighted by molar-refractivity contribution is -0.121. The van der Waals surface area contributed by atoms with Crippen LogP contribution in [0.15, 0.2) is 12.1 Å². The molecule has 0 aliphatic carbocycles.